The van der Waals surface area contributed by atoms with E-state index in [1.54, 1.807) is 0 Å². The van der Waals surface area contributed by atoms with Crippen molar-refractivity contribution in [2.24, 2.45) is 16.6 Å². The highest BCUT2D eigenvalue weighted by Gasteiger charge is 2.51. The Balaban J connectivity index is 2.11. The smallest absolute Gasteiger partial charge is 0.309 e. The Bertz CT molecular complexity index is 335. The number of hydrogen-bond acceptors (Lipinski definition) is 2. The maximum atomic E-state index is 11.2. The number of primary amides is 1. The average molecular weight is 223 g/mol. The van der Waals surface area contributed by atoms with Gasteiger partial charge < -0.3 is 10.8 Å². The number of aliphatic carboxylic acids is 1. The zero-order chi connectivity index (χ0) is 11.8. The first-order valence-electron chi connectivity index (χ1n) is 5.70. The van der Waals surface area contributed by atoms with Crippen LogP contribution in [0.15, 0.2) is 12.2 Å². The number of carbonyl (C=O) groups excluding carboxylic acids is 1. The monoisotopic (exact) mass is 223 g/mol. The summed E-state index contributed by atoms with van der Waals surface area (Å²) >= 11 is 0. The summed E-state index contributed by atoms with van der Waals surface area (Å²) in [5.74, 6) is -1.07. The van der Waals surface area contributed by atoms with Crippen LogP contribution in [0, 0.1) is 10.8 Å². The van der Waals surface area contributed by atoms with Crippen LogP contribution in [-0.2, 0) is 9.59 Å². The predicted octanol–water partition coefficient (Wildman–Crippen LogP) is 1.45. The van der Waals surface area contributed by atoms with Crippen molar-refractivity contribution in [2.45, 2.75) is 38.5 Å². The van der Waals surface area contributed by atoms with Crippen LogP contribution in [0.3, 0.4) is 0 Å². The lowest BCUT2D eigenvalue weighted by atomic mass is 9.54. The number of nitrogens with two attached hydrogens (primary N) is 1. The number of fused-ring (bicyclic) bond motifs is 3. The summed E-state index contributed by atoms with van der Waals surface area (Å²) in [4.78, 5) is 21.9. The molecule has 0 heterocycles. The van der Waals surface area contributed by atoms with Crippen molar-refractivity contribution in [3.8, 4) is 0 Å². The number of rotatable bonds is 3. The van der Waals surface area contributed by atoms with Gasteiger partial charge in [0.1, 0.15) is 0 Å². The summed E-state index contributed by atoms with van der Waals surface area (Å²) in [6.45, 7) is 0. The van der Waals surface area contributed by atoms with Crippen LogP contribution in [0.2, 0.25) is 0 Å². The molecule has 3 rings (SSSR count). The van der Waals surface area contributed by atoms with Gasteiger partial charge in [0, 0.05) is 0 Å². The number of carboxylic acids is 1. The van der Waals surface area contributed by atoms with Crippen molar-refractivity contribution in [1.82, 2.24) is 0 Å². The van der Waals surface area contributed by atoms with Gasteiger partial charge in [0.05, 0.1) is 5.41 Å². The molecule has 0 spiro atoms. The van der Waals surface area contributed by atoms with Crippen molar-refractivity contribution < 1.29 is 14.7 Å². The molecule has 0 saturated heterocycles. The van der Waals surface area contributed by atoms with Gasteiger partial charge in [-0.25, -0.2) is 0 Å². The SMILES string of the molecule is NC(=O)C=CC12CCC(C(=O)O)(CC1)CC2. The number of allylic oxidation sites excluding steroid dienone is 1. The van der Waals surface area contributed by atoms with Gasteiger partial charge in [0.25, 0.3) is 0 Å². The van der Waals surface area contributed by atoms with E-state index in [-0.39, 0.29) is 5.41 Å². The summed E-state index contributed by atoms with van der Waals surface area (Å²) in [5, 5.41) is 9.22. The van der Waals surface area contributed by atoms with E-state index in [1.807, 2.05) is 6.08 Å². The molecule has 2 bridgehead atoms. The van der Waals surface area contributed by atoms with E-state index in [9.17, 15) is 14.7 Å². The molecular weight excluding hydrogens is 206 g/mol. The predicted molar refractivity (Wildman–Crippen MR) is 58.5 cm³/mol. The zero-order valence-corrected chi connectivity index (χ0v) is 9.24. The molecule has 4 nitrogen and oxygen atoms in total. The van der Waals surface area contributed by atoms with Crippen LogP contribution in [0.25, 0.3) is 0 Å². The van der Waals surface area contributed by atoms with Crippen molar-refractivity contribution >= 4 is 11.9 Å². The lowest BCUT2D eigenvalue weighted by molar-refractivity contribution is -0.157. The second kappa shape index (κ2) is 3.61. The van der Waals surface area contributed by atoms with Crippen LogP contribution in [0.5, 0.6) is 0 Å². The molecule has 0 aromatic carbocycles. The van der Waals surface area contributed by atoms with Gasteiger partial charge in [-0.1, -0.05) is 6.08 Å². The summed E-state index contributed by atoms with van der Waals surface area (Å²) in [6.07, 6.45) is 8.11. The van der Waals surface area contributed by atoms with Crippen molar-refractivity contribution in [2.75, 3.05) is 0 Å². The summed E-state index contributed by atoms with van der Waals surface area (Å²) in [7, 11) is 0. The normalized spacial score (nSPS) is 37.8. The Morgan fingerprint density at radius 3 is 1.94 bits per heavy atom. The fourth-order valence-corrected chi connectivity index (χ4v) is 3.04. The number of carbonyl (C=O) groups is 2. The molecule has 3 aliphatic carbocycles. The molecule has 0 atom stereocenters. The first kappa shape index (κ1) is 11.2. The van der Waals surface area contributed by atoms with Crippen molar-refractivity contribution in [3.05, 3.63) is 12.2 Å². The van der Waals surface area contributed by atoms with Gasteiger partial charge in [-0.3, -0.25) is 9.59 Å². The Morgan fingerprint density at radius 1 is 1.06 bits per heavy atom. The minimum Gasteiger partial charge on any atom is -0.481 e. The molecule has 1 amide bonds. The Hall–Kier alpha value is -1.32. The third kappa shape index (κ3) is 1.72. The maximum absolute atomic E-state index is 11.2. The highest BCUT2D eigenvalue weighted by Crippen LogP contribution is 2.57. The summed E-state index contributed by atoms with van der Waals surface area (Å²) in [6, 6.07) is 0. The van der Waals surface area contributed by atoms with Crippen LogP contribution in [0.4, 0.5) is 0 Å². The highest BCUT2D eigenvalue weighted by atomic mass is 16.4. The van der Waals surface area contributed by atoms with Gasteiger partial charge in [0.15, 0.2) is 0 Å². The van der Waals surface area contributed by atoms with Crippen LogP contribution >= 0.6 is 0 Å². The molecule has 0 aliphatic heterocycles. The second-order valence-electron chi connectivity index (χ2n) is 5.18. The van der Waals surface area contributed by atoms with E-state index in [2.05, 4.69) is 0 Å². The van der Waals surface area contributed by atoms with Crippen molar-refractivity contribution in [1.29, 1.82) is 0 Å². The highest BCUT2D eigenvalue weighted by molar-refractivity contribution is 5.85. The molecule has 0 radical (unpaired) electrons. The third-order valence-corrected chi connectivity index (χ3v) is 4.36. The molecule has 0 aromatic rings. The molecule has 0 aromatic heterocycles. The van der Waals surface area contributed by atoms with E-state index < -0.39 is 17.3 Å². The van der Waals surface area contributed by atoms with E-state index in [1.165, 1.54) is 6.08 Å². The fourth-order valence-electron chi connectivity index (χ4n) is 3.04. The largest absolute Gasteiger partial charge is 0.481 e. The van der Waals surface area contributed by atoms with Gasteiger partial charge >= 0.3 is 5.97 Å². The molecule has 3 fully saturated rings. The minimum atomic E-state index is -0.653. The molecule has 88 valence electrons. The standard InChI is InChI=1S/C12H17NO3/c13-9(14)1-2-11-3-6-12(7-4-11,8-5-11)10(15)16/h1-2H,3-8H2,(H2,13,14)(H,15,16). The van der Waals surface area contributed by atoms with Crippen molar-refractivity contribution in [3.63, 3.8) is 0 Å². The minimum absolute atomic E-state index is 0.0340. The van der Waals surface area contributed by atoms with Crippen LogP contribution < -0.4 is 5.73 Å². The lowest BCUT2D eigenvalue weighted by Crippen LogP contribution is -2.45. The van der Waals surface area contributed by atoms with E-state index in [0.717, 1.165) is 38.5 Å². The molecule has 0 unspecified atom stereocenters. The van der Waals surface area contributed by atoms with Gasteiger partial charge in [-0.05, 0) is 50.0 Å². The molecule has 3 saturated carbocycles. The molecule has 3 N–H and O–H groups in total. The lowest BCUT2D eigenvalue weighted by Gasteiger charge is -2.50. The molecular formula is C12H17NO3. The van der Waals surface area contributed by atoms with Gasteiger partial charge in [0.2, 0.25) is 5.91 Å². The van der Waals surface area contributed by atoms with E-state index in [4.69, 9.17) is 5.73 Å². The third-order valence-electron chi connectivity index (χ3n) is 4.36. The second-order valence-corrected chi connectivity index (χ2v) is 5.18. The first-order valence-corrected chi connectivity index (χ1v) is 5.70. The van der Waals surface area contributed by atoms with E-state index in [0.29, 0.717) is 0 Å². The van der Waals surface area contributed by atoms with Crippen LogP contribution in [0.1, 0.15) is 38.5 Å². The first-order chi connectivity index (χ1) is 7.48. The van der Waals surface area contributed by atoms with Crippen LogP contribution in [-0.4, -0.2) is 17.0 Å². The van der Waals surface area contributed by atoms with Gasteiger partial charge in [-0.15, -0.1) is 0 Å². The maximum Gasteiger partial charge on any atom is 0.309 e. The molecule has 4 heteroatoms. The quantitative estimate of drug-likeness (QED) is 0.710. The average Bonchev–Trinajstić information content (AvgIpc) is 2.29. The number of carboxylic acid groups (broad SMARTS) is 1. The molecule has 3 aliphatic rings. The fraction of sp³-hybridized carbons (Fsp3) is 0.667. The number of hydrogen-bond donors (Lipinski definition) is 2. The molecule has 16 heavy (non-hydrogen) atoms. The van der Waals surface area contributed by atoms with Gasteiger partial charge in [-0.2, -0.15) is 0 Å². The summed E-state index contributed by atoms with van der Waals surface area (Å²) in [5.41, 5.74) is 4.64. The summed E-state index contributed by atoms with van der Waals surface area (Å²) < 4.78 is 0. The zero-order valence-electron chi connectivity index (χ0n) is 9.24. The Kier molecular flexibility index (Phi) is 2.52. The topological polar surface area (TPSA) is 80.4 Å². The number of amides is 1. The Labute approximate surface area is 94.5 Å². The Morgan fingerprint density at radius 2 is 1.56 bits per heavy atom. The van der Waals surface area contributed by atoms with E-state index >= 15 is 0 Å².